The molecule has 0 aliphatic carbocycles. The molecule has 0 radical (unpaired) electrons. The Bertz CT molecular complexity index is 487. The third-order valence-electron chi connectivity index (χ3n) is 4.16. The number of hydrogen-bond donors (Lipinski definition) is 1. The van der Waals surface area contributed by atoms with Crippen LogP contribution in [-0.2, 0) is 5.54 Å². The van der Waals surface area contributed by atoms with Crippen molar-refractivity contribution >= 4 is 16.9 Å². The van der Waals surface area contributed by atoms with Gasteiger partial charge < -0.3 is 5.73 Å². The van der Waals surface area contributed by atoms with E-state index in [1.807, 2.05) is 18.3 Å². The highest BCUT2D eigenvalue weighted by atomic mass is 32.2. The van der Waals surface area contributed by atoms with Crippen molar-refractivity contribution in [1.82, 2.24) is 9.88 Å². The minimum Gasteiger partial charge on any atom is -0.379 e. The Hall–Kier alpha value is -1.07. The van der Waals surface area contributed by atoms with Gasteiger partial charge in [-0.15, -0.1) is 0 Å². The summed E-state index contributed by atoms with van der Waals surface area (Å²) >= 11 is 1.67. The summed E-state index contributed by atoms with van der Waals surface area (Å²) in [5.41, 5.74) is 6.83. The van der Waals surface area contributed by atoms with Crippen molar-refractivity contribution in [2.75, 3.05) is 18.8 Å². The van der Waals surface area contributed by atoms with E-state index in [-0.39, 0.29) is 5.54 Å². The average Bonchev–Trinajstić information content (AvgIpc) is 2.80. The van der Waals surface area contributed by atoms with Crippen molar-refractivity contribution in [3.8, 4) is 0 Å². The molecule has 1 aromatic heterocycles. The predicted molar refractivity (Wildman–Crippen MR) is 80.2 cm³/mol. The monoisotopic (exact) mass is 276 g/mol. The fourth-order valence-corrected chi connectivity index (χ4v) is 4.01. The molecule has 3 rings (SSSR count). The number of rotatable bonds is 2. The summed E-state index contributed by atoms with van der Waals surface area (Å²) in [6.07, 6.45) is 1.85. The quantitative estimate of drug-likeness (QED) is 0.893. The van der Waals surface area contributed by atoms with E-state index in [0.29, 0.717) is 17.1 Å². The summed E-state index contributed by atoms with van der Waals surface area (Å²) in [5, 5.41) is 0.701. The van der Waals surface area contributed by atoms with E-state index in [9.17, 15) is 0 Å². The molecule has 2 unspecified atom stereocenters. The number of pyridine rings is 1. The fourth-order valence-electron chi connectivity index (χ4n) is 3.03. The van der Waals surface area contributed by atoms with Gasteiger partial charge in [0.2, 0.25) is 0 Å². The first-order chi connectivity index (χ1) is 9.12. The maximum absolute atomic E-state index is 6.00. The molecule has 0 saturated carbocycles. The summed E-state index contributed by atoms with van der Waals surface area (Å²) in [6.45, 7) is 6.49. The maximum Gasteiger partial charge on any atom is 0.154 e. The van der Waals surface area contributed by atoms with Gasteiger partial charge in [-0.05, 0) is 26.0 Å². The molecule has 0 amide bonds. The molecule has 2 atom stereocenters. The zero-order valence-electron chi connectivity index (χ0n) is 11.4. The molecule has 2 N–H and O–H groups in total. The van der Waals surface area contributed by atoms with Gasteiger partial charge in [0.25, 0.3) is 0 Å². The van der Waals surface area contributed by atoms with E-state index in [4.69, 9.17) is 10.7 Å². The van der Waals surface area contributed by atoms with Gasteiger partial charge in [0, 0.05) is 37.0 Å². The van der Waals surface area contributed by atoms with Crippen LogP contribution in [0.1, 0.15) is 19.5 Å². The number of amidine groups is 1. The average molecular weight is 276 g/mol. The zero-order valence-corrected chi connectivity index (χ0v) is 12.2. The van der Waals surface area contributed by atoms with Gasteiger partial charge >= 0.3 is 0 Å². The lowest BCUT2D eigenvalue weighted by Gasteiger charge is -2.34. The minimum atomic E-state index is -0.235. The number of aliphatic imine (C=N–C) groups is 1. The molecule has 3 heterocycles. The molecular formula is C14H20N4S. The Labute approximate surface area is 118 Å². The molecular weight excluding hydrogens is 256 g/mol. The molecule has 1 saturated heterocycles. The molecule has 102 valence electrons. The molecule has 2 aliphatic rings. The van der Waals surface area contributed by atoms with Gasteiger partial charge in [0.05, 0.1) is 5.69 Å². The van der Waals surface area contributed by atoms with Gasteiger partial charge in [-0.1, -0.05) is 17.8 Å². The van der Waals surface area contributed by atoms with E-state index in [2.05, 4.69) is 29.8 Å². The van der Waals surface area contributed by atoms with Crippen LogP contribution in [-0.4, -0.2) is 39.9 Å². The van der Waals surface area contributed by atoms with Crippen LogP contribution < -0.4 is 5.73 Å². The van der Waals surface area contributed by atoms with E-state index in [1.54, 1.807) is 11.8 Å². The van der Waals surface area contributed by atoms with E-state index in [0.717, 1.165) is 24.5 Å². The normalized spacial score (nSPS) is 31.3. The van der Waals surface area contributed by atoms with Crippen molar-refractivity contribution in [3.63, 3.8) is 0 Å². The van der Waals surface area contributed by atoms with Gasteiger partial charge in [-0.3, -0.25) is 9.88 Å². The fraction of sp³-hybridized carbons (Fsp3) is 0.571. The van der Waals surface area contributed by atoms with E-state index < -0.39 is 0 Å². The number of likely N-dealkylation sites (tertiary alicyclic amines) is 1. The lowest BCUT2D eigenvalue weighted by molar-refractivity contribution is 0.256. The molecule has 4 nitrogen and oxygen atoms in total. The van der Waals surface area contributed by atoms with E-state index in [1.165, 1.54) is 0 Å². The molecule has 19 heavy (non-hydrogen) atoms. The Morgan fingerprint density at radius 3 is 3.00 bits per heavy atom. The number of fused-ring (bicyclic) bond motifs is 1. The highest BCUT2D eigenvalue weighted by Crippen LogP contribution is 2.44. The second-order valence-electron chi connectivity index (χ2n) is 5.62. The Morgan fingerprint density at radius 1 is 1.47 bits per heavy atom. The third kappa shape index (κ3) is 2.15. The number of thioether (sulfide) groups is 1. The van der Waals surface area contributed by atoms with Crippen LogP contribution in [0.3, 0.4) is 0 Å². The topological polar surface area (TPSA) is 54.5 Å². The number of aromatic nitrogens is 1. The van der Waals surface area contributed by atoms with Gasteiger partial charge in [0.1, 0.15) is 5.54 Å². The Balaban J connectivity index is 2.05. The van der Waals surface area contributed by atoms with E-state index >= 15 is 0 Å². The molecule has 2 aliphatic heterocycles. The van der Waals surface area contributed by atoms with Crippen LogP contribution in [0, 0.1) is 5.92 Å². The first-order valence-electron chi connectivity index (χ1n) is 6.75. The van der Waals surface area contributed by atoms with Gasteiger partial charge in [-0.25, -0.2) is 4.99 Å². The van der Waals surface area contributed by atoms with Crippen LogP contribution in [0.15, 0.2) is 29.4 Å². The van der Waals surface area contributed by atoms with Gasteiger partial charge in [-0.2, -0.15) is 0 Å². The summed E-state index contributed by atoms with van der Waals surface area (Å²) in [6, 6.07) is 6.62. The second-order valence-corrected chi connectivity index (χ2v) is 6.66. The maximum atomic E-state index is 6.00. The largest absolute Gasteiger partial charge is 0.379 e. The zero-order chi connectivity index (χ0) is 13.5. The molecule has 5 heteroatoms. The highest BCUT2D eigenvalue weighted by Gasteiger charge is 2.51. The lowest BCUT2D eigenvalue weighted by atomic mass is 9.85. The second kappa shape index (κ2) is 4.80. The van der Waals surface area contributed by atoms with Crippen LogP contribution in [0.4, 0.5) is 0 Å². The van der Waals surface area contributed by atoms with Crippen molar-refractivity contribution in [1.29, 1.82) is 0 Å². The molecule has 0 bridgehead atoms. The van der Waals surface area contributed by atoms with Crippen molar-refractivity contribution in [2.24, 2.45) is 16.6 Å². The number of nitrogens with two attached hydrogens (primary N) is 1. The highest BCUT2D eigenvalue weighted by molar-refractivity contribution is 8.13. The van der Waals surface area contributed by atoms with Gasteiger partial charge in [0.15, 0.2) is 5.17 Å². The lowest BCUT2D eigenvalue weighted by Crippen LogP contribution is -2.41. The summed E-state index contributed by atoms with van der Waals surface area (Å²) in [4.78, 5) is 11.9. The van der Waals surface area contributed by atoms with Crippen molar-refractivity contribution in [3.05, 3.63) is 30.1 Å². The van der Waals surface area contributed by atoms with Crippen LogP contribution >= 0.6 is 11.8 Å². The Morgan fingerprint density at radius 2 is 2.32 bits per heavy atom. The molecule has 1 aromatic rings. The molecule has 0 aromatic carbocycles. The molecule has 0 spiro atoms. The third-order valence-corrected chi connectivity index (χ3v) is 5.11. The minimum absolute atomic E-state index is 0.235. The first-order valence-corrected chi connectivity index (χ1v) is 7.74. The SMILES string of the molecule is CC(C)N1CC2CSC(N)=NC2(c2ccccn2)C1. The van der Waals surface area contributed by atoms with Crippen LogP contribution in [0.5, 0.6) is 0 Å². The summed E-state index contributed by atoms with van der Waals surface area (Å²) in [5.74, 6) is 1.54. The van der Waals surface area contributed by atoms with Crippen molar-refractivity contribution < 1.29 is 0 Å². The summed E-state index contributed by atoms with van der Waals surface area (Å²) < 4.78 is 0. The number of hydrogen-bond acceptors (Lipinski definition) is 5. The smallest absolute Gasteiger partial charge is 0.154 e. The number of nitrogens with zero attached hydrogens (tertiary/aromatic N) is 3. The van der Waals surface area contributed by atoms with Crippen LogP contribution in [0.25, 0.3) is 0 Å². The van der Waals surface area contributed by atoms with Crippen LogP contribution in [0.2, 0.25) is 0 Å². The van der Waals surface area contributed by atoms with Crippen molar-refractivity contribution in [2.45, 2.75) is 25.4 Å². The standard InChI is InChI=1S/C14H20N4S/c1-10(2)18-7-11-8-19-13(15)17-14(11,9-18)12-5-3-4-6-16-12/h3-6,10-11H,7-9H2,1-2H3,(H2,15,17). The predicted octanol–water partition coefficient (Wildman–Crippen LogP) is 1.68. The first kappa shape index (κ1) is 12.9. The summed E-state index contributed by atoms with van der Waals surface area (Å²) in [7, 11) is 0. The Kier molecular flexibility index (Phi) is 3.27. The molecule has 1 fully saturated rings.